The summed E-state index contributed by atoms with van der Waals surface area (Å²) in [7, 11) is 0. The van der Waals surface area contributed by atoms with E-state index < -0.39 is 17.5 Å². The van der Waals surface area contributed by atoms with E-state index in [0.717, 1.165) is 19.3 Å². The summed E-state index contributed by atoms with van der Waals surface area (Å²) in [5.74, 6) is 2.03. The molecule has 5 heteroatoms. The van der Waals surface area contributed by atoms with Gasteiger partial charge in [-0.25, -0.2) is 9.59 Å². The van der Waals surface area contributed by atoms with Crippen molar-refractivity contribution < 1.29 is 14.7 Å². The molecule has 3 N–H and O–H groups in total. The van der Waals surface area contributed by atoms with Crippen LogP contribution in [0.25, 0.3) is 0 Å². The van der Waals surface area contributed by atoms with Gasteiger partial charge in [-0.3, -0.25) is 0 Å². The fourth-order valence-corrected chi connectivity index (χ4v) is 2.48. The van der Waals surface area contributed by atoms with E-state index in [1.54, 1.807) is 0 Å². The number of carbonyl (C=O) groups is 2. The molecule has 2 amide bonds. The Hall–Kier alpha value is -1.70. The SMILES string of the molecule is C#CCCNC(=O)NC1(C(=O)O)CCC(CC)CC1. The molecule has 0 bridgehead atoms. The molecule has 0 atom stereocenters. The molecule has 0 aromatic heterocycles. The maximum absolute atomic E-state index is 11.7. The van der Waals surface area contributed by atoms with Gasteiger partial charge >= 0.3 is 12.0 Å². The second kappa shape index (κ2) is 7.03. The number of terminal acetylenes is 1. The summed E-state index contributed by atoms with van der Waals surface area (Å²) in [6, 6.07) is -0.451. The van der Waals surface area contributed by atoms with Crippen molar-refractivity contribution in [2.75, 3.05) is 6.54 Å². The zero-order valence-electron chi connectivity index (χ0n) is 11.4. The quantitative estimate of drug-likeness (QED) is 0.524. The minimum atomic E-state index is -1.12. The Balaban J connectivity index is 2.56. The number of aliphatic carboxylic acids is 1. The standard InChI is InChI=1S/C14H22N2O3/c1-3-5-10-15-13(19)16-14(12(17)18)8-6-11(4-2)7-9-14/h1,11H,4-10H2,2H3,(H,17,18)(H2,15,16,19). The van der Waals surface area contributed by atoms with Crippen LogP contribution in [0.3, 0.4) is 0 Å². The van der Waals surface area contributed by atoms with E-state index in [2.05, 4.69) is 23.5 Å². The Labute approximate surface area is 114 Å². The average Bonchev–Trinajstić information content (AvgIpc) is 2.39. The van der Waals surface area contributed by atoms with E-state index in [1.165, 1.54) is 0 Å². The minimum absolute atomic E-state index is 0.357. The highest BCUT2D eigenvalue weighted by Crippen LogP contribution is 2.33. The Morgan fingerprint density at radius 1 is 1.42 bits per heavy atom. The first-order valence-corrected chi connectivity index (χ1v) is 6.77. The summed E-state index contributed by atoms with van der Waals surface area (Å²) in [4.78, 5) is 23.2. The number of amides is 2. The Bertz CT molecular complexity index is 365. The zero-order valence-corrected chi connectivity index (χ0v) is 11.4. The molecule has 1 rings (SSSR count). The third kappa shape index (κ3) is 4.16. The monoisotopic (exact) mass is 266 g/mol. The Kier molecular flexibility index (Phi) is 5.68. The van der Waals surface area contributed by atoms with Crippen LogP contribution >= 0.6 is 0 Å². The van der Waals surface area contributed by atoms with E-state index in [9.17, 15) is 14.7 Å². The van der Waals surface area contributed by atoms with Crippen LogP contribution in [-0.2, 0) is 4.79 Å². The first-order valence-electron chi connectivity index (χ1n) is 6.77. The molecule has 19 heavy (non-hydrogen) atoms. The third-order valence-electron chi connectivity index (χ3n) is 3.85. The van der Waals surface area contributed by atoms with Gasteiger partial charge in [0.15, 0.2) is 0 Å². The van der Waals surface area contributed by atoms with Crippen molar-refractivity contribution in [3.05, 3.63) is 0 Å². The van der Waals surface area contributed by atoms with Crippen LogP contribution in [-0.4, -0.2) is 29.2 Å². The van der Waals surface area contributed by atoms with Crippen molar-refractivity contribution in [1.29, 1.82) is 0 Å². The van der Waals surface area contributed by atoms with Crippen molar-refractivity contribution in [2.24, 2.45) is 5.92 Å². The highest BCUT2D eigenvalue weighted by molar-refractivity contribution is 5.86. The number of hydrogen-bond donors (Lipinski definition) is 3. The number of carbonyl (C=O) groups excluding carboxylic acids is 1. The van der Waals surface area contributed by atoms with Gasteiger partial charge in [0.2, 0.25) is 0 Å². The molecule has 1 aliphatic carbocycles. The lowest BCUT2D eigenvalue weighted by molar-refractivity contribution is -0.146. The van der Waals surface area contributed by atoms with Crippen molar-refractivity contribution in [1.82, 2.24) is 10.6 Å². The van der Waals surface area contributed by atoms with Gasteiger partial charge in [-0.1, -0.05) is 13.3 Å². The summed E-state index contributed by atoms with van der Waals surface area (Å²) >= 11 is 0. The summed E-state index contributed by atoms with van der Waals surface area (Å²) < 4.78 is 0. The largest absolute Gasteiger partial charge is 0.480 e. The average molecular weight is 266 g/mol. The topological polar surface area (TPSA) is 78.4 Å². The number of carboxylic acids is 1. The third-order valence-corrected chi connectivity index (χ3v) is 3.85. The molecule has 1 saturated carbocycles. The van der Waals surface area contributed by atoms with Gasteiger partial charge in [-0.05, 0) is 31.6 Å². The first kappa shape index (κ1) is 15.4. The van der Waals surface area contributed by atoms with E-state index in [4.69, 9.17) is 6.42 Å². The lowest BCUT2D eigenvalue weighted by Crippen LogP contribution is -2.58. The molecule has 0 heterocycles. The van der Waals surface area contributed by atoms with E-state index in [-0.39, 0.29) is 0 Å². The van der Waals surface area contributed by atoms with Crippen molar-refractivity contribution >= 4 is 12.0 Å². The van der Waals surface area contributed by atoms with Crippen LogP contribution in [0.1, 0.15) is 45.4 Å². The number of urea groups is 1. The Morgan fingerprint density at radius 2 is 2.05 bits per heavy atom. The molecule has 0 aliphatic heterocycles. The van der Waals surface area contributed by atoms with E-state index in [0.29, 0.717) is 31.7 Å². The predicted molar refractivity (Wildman–Crippen MR) is 72.6 cm³/mol. The van der Waals surface area contributed by atoms with Gasteiger partial charge < -0.3 is 15.7 Å². The van der Waals surface area contributed by atoms with Gasteiger partial charge in [-0.15, -0.1) is 12.3 Å². The van der Waals surface area contributed by atoms with Crippen LogP contribution in [0.15, 0.2) is 0 Å². The smallest absolute Gasteiger partial charge is 0.329 e. The summed E-state index contributed by atoms with van der Waals surface area (Å²) in [5.41, 5.74) is -1.12. The van der Waals surface area contributed by atoms with Gasteiger partial charge in [0, 0.05) is 13.0 Å². The molecular formula is C14H22N2O3. The van der Waals surface area contributed by atoms with Gasteiger partial charge in [0.1, 0.15) is 5.54 Å². The van der Waals surface area contributed by atoms with Crippen LogP contribution in [0, 0.1) is 18.3 Å². The molecular weight excluding hydrogens is 244 g/mol. The van der Waals surface area contributed by atoms with E-state index in [1.807, 2.05) is 0 Å². The lowest BCUT2D eigenvalue weighted by atomic mass is 9.75. The Morgan fingerprint density at radius 3 is 2.53 bits per heavy atom. The number of carboxylic acid groups (broad SMARTS) is 1. The van der Waals surface area contributed by atoms with Crippen molar-refractivity contribution in [3.63, 3.8) is 0 Å². The van der Waals surface area contributed by atoms with Crippen molar-refractivity contribution in [2.45, 2.75) is 51.0 Å². The molecule has 1 aliphatic rings. The molecule has 0 spiro atoms. The van der Waals surface area contributed by atoms with Gasteiger partial charge in [0.25, 0.3) is 0 Å². The fourth-order valence-electron chi connectivity index (χ4n) is 2.48. The van der Waals surface area contributed by atoms with Gasteiger partial charge in [-0.2, -0.15) is 0 Å². The summed E-state index contributed by atoms with van der Waals surface area (Å²) in [6.45, 7) is 2.47. The molecule has 0 saturated heterocycles. The maximum atomic E-state index is 11.7. The second-order valence-corrected chi connectivity index (χ2v) is 5.07. The van der Waals surface area contributed by atoms with Crippen LogP contribution in [0.4, 0.5) is 4.79 Å². The molecule has 0 radical (unpaired) electrons. The fraction of sp³-hybridized carbons (Fsp3) is 0.714. The first-order chi connectivity index (χ1) is 9.04. The molecule has 5 nitrogen and oxygen atoms in total. The molecule has 0 unspecified atom stereocenters. The van der Waals surface area contributed by atoms with Crippen molar-refractivity contribution in [3.8, 4) is 12.3 Å². The highest BCUT2D eigenvalue weighted by atomic mass is 16.4. The molecule has 0 aromatic rings. The van der Waals surface area contributed by atoms with E-state index >= 15 is 0 Å². The number of rotatable bonds is 5. The summed E-state index contributed by atoms with van der Waals surface area (Å²) in [5, 5.41) is 14.6. The van der Waals surface area contributed by atoms with Gasteiger partial charge in [0.05, 0.1) is 0 Å². The van der Waals surface area contributed by atoms with Crippen LogP contribution < -0.4 is 10.6 Å². The zero-order chi connectivity index (χ0) is 14.3. The molecule has 0 aromatic carbocycles. The van der Waals surface area contributed by atoms with Crippen LogP contribution in [0.5, 0.6) is 0 Å². The molecule has 106 valence electrons. The lowest BCUT2D eigenvalue weighted by Gasteiger charge is -2.37. The normalized spacial score (nSPS) is 26.2. The second-order valence-electron chi connectivity index (χ2n) is 5.07. The minimum Gasteiger partial charge on any atom is -0.480 e. The maximum Gasteiger partial charge on any atom is 0.329 e. The highest BCUT2D eigenvalue weighted by Gasteiger charge is 2.42. The summed E-state index contributed by atoms with van der Waals surface area (Å²) in [6.07, 6.45) is 9.24. The number of nitrogens with one attached hydrogen (secondary N) is 2. The number of hydrogen-bond acceptors (Lipinski definition) is 2. The predicted octanol–water partition coefficient (Wildman–Crippen LogP) is 1.73. The van der Waals surface area contributed by atoms with Crippen LogP contribution in [0.2, 0.25) is 0 Å². The molecule has 1 fully saturated rings.